The summed E-state index contributed by atoms with van der Waals surface area (Å²) in [4.78, 5) is 16.1. The van der Waals surface area contributed by atoms with E-state index >= 15 is 0 Å². The normalized spacial score (nSPS) is 11.8. The van der Waals surface area contributed by atoms with E-state index < -0.39 is 0 Å². The molecule has 0 atom stereocenters. The standard InChI is InChI=1S/C17H20N2O3S2/c1-3-21-13(22-4-2)9-10-19-16(20)15-14(18-17(19)23)11-7-5-6-8-12(11)24-15/h5-8,13H,3-4,9-10H2,1-2H3,(H,18,23). The van der Waals surface area contributed by atoms with Crippen molar-refractivity contribution in [1.29, 1.82) is 0 Å². The van der Waals surface area contributed by atoms with Crippen LogP contribution in [0.2, 0.25) is 0 Å². The highest BCUT2D eigenvalue weighted by molar-refractivity contribution is 7.71. The monoisotopic (exact) mass is 364 g/mol. The van der Waals surface area contributed by atoms with Crippen LogP contribution in [0.4, 0.5) is 0 Å². The molecule has 0 saturated heterocycles. The number of rotatable bonds is 7. The Morgan fingerprint density at radius 2 is 1.96 bits per heavy atom. The number of fused-ring (bicyclic) bond motifs is 3. The van der Waals surface area contributed by atoms with Crippen molar-refractivity contribution < 1.29 is 9.47 Å². The van der Waals surface area contributed by atoms with Crippen molar-refractivity contribution in [2.75, 3.05) is 13.2 Å². The summed E-state index contributed by atoms with van der Waals surface area (Å²) in [5, 5.41) is 1.04. The van der Waals surface area contributed by atoms with Crippen LogP contribution >= 0.6 is 23.6 Å². The Morgan fingerprint density at radius 1 is 1.25 bits per heavy atom. The molecule has 0 aliphatic rings. The van der Waals surface area contributed by atoms with Crippen LogP contribution in [0.5, 0.6) is 0 Å². The third kappa shape index (κ3) is 3.30. The van der Waals surface area contributed by atoms with Crippen molar-refractivity contribution in [2.24, 2.45) is 0 Å². The Morgan fingerprint density at radius 3 is 2.67 bits per heavy atom. The fourth-order valence-corrected chi connectivity index (χ4v) is 4.12. The Labute approximate surface area is 148 Å². The maximum absolute atomic E-state index is 12.9. The van der Waals surface area contributed by atoms with Gasteiger partial charge in [0.2, 0.25) is 0 Å². The number of benzene rings is 1. The number of nitrogens with one attached hydrogen (secondary N) is 1. The van der Waals surface area contributed by atoms with Crippen LogP contribution in [0.15, 0.2) is 29.1 Å². The molecule has 5 nitrogen and oxygen atoms in total. The minimum absolute atomic E-state index is 0.0540. The van der Waals surface area contributed by atoms with Gasteiger partial charge in [-0.1, -0.05) is 18.2 Å². The molecule has 0 spiro atoms. The highest BCUT2D eigenvalue weighted by Gasteiger charge is 2.14. The average Bonchev–Trinajstić information content (AvgIpc) is 2.94. The van der Waals surface area contributed by atoms with E-state index in [2.05, 4.69) is 4.98 Å². The number of aromatic nitrogens is 2. The SMILES string of the molecule is CCOC(CCn1c(=S)[nH]c2c(sc3ccccc32)c1=O)OCC. The predicted molar refractivity (Wildman–Crippen MR) is 100 cm³/mol. The molecule has 7 heteroatoms. The van der Waals surface area contributed by atoms with Crippen LogP contribution < -0.4 is 5.56 Å². The molecule has 2 aromatic heterocycles. The van der Waals surface area contributed by atoms with Crippen molar-refractivity contribution >= 4 is 43.9 Å². The summed E-state index contributed by atoms with van der Waals surface area (Å²) in [6.45, 7) is 5.45. The second-order valence-electron chi connectivity index (χ2n) is 5.32. The van der Waals surface area contributed by atoms with Crippen LogP contribution in [-0.2, 0) is 16.0 Å². The summed E-state index contributed by atoms with van der Waals surface area (Å²) in [5.74, 6) is 0. The van der Waals surface area contributed by atoms with E-state index in [1.165, 1.54) is 11.3 Å². The molecule has 0 bridgehead atoms. The van der Waals surface area contributed by atoms with Crippen LogP contribution in [0.3, 0.4) is 0 Å². The number of H-pyrrole nitrogens is 1. The van der Waals surface area contributed by atoms with Gasteiger partial charge < -0.3 is 14.5 Å². The van der Waals surface area contributed by atoms with Crippen molar-refractivity contribution in [3.63, 3.8) is 0 Å². The summed E-state index contributed by atoms with van der Waals surface area (Å²) in [5.41, 5.74) is 0.773. The fourth-order valence-electron chi connectivity index (χ4n) is 2.73. The number of hydrogen-bond acceptors (Lipinski definition) is 5. The molecule has 3 aromatic rings. The first-order valence-electron chi connectivity index (χ1n) is 8.03. The molecule has 1 N–H and O–H groups in total. The highest BCUT2D eigenvalue weighted by Crippen LogP contribution is 2.29. The lowest BCUT2D eigenvalue weighted by Crippen LogP contribution is -2.26. The van der Waals surface area contributed by atoms with Gasteiger partial charge in [-0.2, -0.15) is 0 Å². The molecule has 1 aromatic carbocycles. The molecule has 24 heavy (non-hydrogen) atoms. The van der Waals surface area contributed by atoms with Gasteiger partial charge in [0.05, 0.1) is 5.52 Å². The lowest BCUT2D eigenvalue weighted by Gasteiger charge is -2.17. The quantitative estimate of drug-likeness (QED) is 0.507. The number of hydrogen-bond donors (Lipinski definition) is 1. The van der Waals surface area contributed by atoms with Gasteiger partial charge >= 0.3 is 0 Å². The van der Waals surface area contributed by atoms with Gasteiger partial charge in [0.15, 0.2) is 11.1 Å². The third-order valence-corrected chi connectivity index (χ3v) is 5.29. The first kappa shape index (κ1) is 17.3. The Kier molecular flexibility index (Phi) is 5.45. The minimum Gasteiger partial charge on any atom is -0.353 e. The maximum atomic E-state index is 12.9. The molecule has 0 radical (unpaired) electrons. The Hall–Kier alpha value is -1.54. The molecule has 0 saturated carbocycles. The van der Waals surface area contributed by atoms with Crippen molar-refractivity contribution in [3.8, 4) is 0 Å². The van der Waals surface area contributed by atoms with Crippen molar-refractivity contribution in [1.82, 2.24) is 9.55 Å². The minimum atomic E-state index is -0.320. The largest absolute Gasteiger partial charge is 0.353 e. The molecule has 0 aliphatic heterocycles. The van der Waals surface area contributed by atoms with E-state index in [1.54, 1.807) is 4.57 Å². The number of thiophene rings is 1. The predicted octanol–water partition coefficient (Wildman–Crippen LogP) is 4.06. The number of nitrogens with zero attached hydrogens (tertiary/aromatic N) is 1. The summed E-state index contributed by atoms with van der Waals surface area (Å²) in [6.07, 6.45) is 0.259. The van der Waals surface area contributed by atoms with Gasteiger partial charge in [0.25, 0.3) is 5.56 Å². The van der Waals surface area contributed by atoms with Gasteiger partial charge in [0.1, 0.15) is 4.70 Å². The first-order valence-corrected chi connectivity index (χ1v) is 9.25. The second-order valence-corrected chi connectivity index (χ2v) is 6.76. The van der Waals surface area contributed by atoms with E-state index in [0.717, 1.165) is 15.6 Å². The second kappa shape index (κ2) is 7.57. The summed E-state index contributed by atoms with van der Waals surface area (Å²) in [6, 6.07) is 7.95. The molecule has 128 valence electrons. The molecule has 0 fully saturated rings. The zero-order valence-electron chi connectivity index (χ0n) is 13.7. The van der Waals surface area contributed by atoms with Crippen LogP contribution in [0.25, 0.3) is 20.3 Å². The first-order chi connectivity index (χ1) is 11.7. The van der Waals surface area contributed by atoms with Crippen molar-refractivity contribution in [3.05, 3.63) is 39.4 Å². The lowest BCUT2D eigenvalue weighted by atomic mass is 10.2. The van der Waals surface area contributed by atoms with E-state index in [9.17, 15) is 4.79 Å². The smallest absolute Gasteiger partial charge is 0.272 e. The van der Waals surface area contributed by atoms with Crippen molar-refractivity contribution in [2.45, 2.75) is 33.1 Å². The van der Waals surface area contributed by atoms with Crippen LogP contribution in [-0.4, -0.2) is 29.1 Å². The van der Waals surface area contributed by atoms with Gasteiger partial charge in [0, 0.05) is 36.3 Å². The van der Waals surface area contributed by atoms with E-state index in [4.69, 9.17) is 21.7 Å². The molecule has 0 unspecified atom stereocenters. The van der Waals surface area contributed by atoms with Gasteiger partial charge in [-0.15, -0.1) is 11.3 Å². The lowest BCUT2D eigenvalue weighted by molar-refractivity contribution is -0.141. The zero-order chi connectivity index (χ0) is 17.1. The summed E-state index contributed by atoms with van der Waals surface area (Å²) < 4.78 is 14.9. The van der Waals surface area contributed by atoms with E-state index in [0.29, 0.717) is 35.7 Å². The Balaban J connectivity index is 1.98. The van der Waals surface area contributed by atoms with E-state index in [1.807, 2.05) is 38.1 Å². The van der Waals surface area contributed by atoms with Crippen LogP contribution in [0, 0.1) is 4.77 Å². The summed E-state index contributed by atoms with van der Waals surface area (Å²) >= 11 is 6.90. The number of aromatic amines is 1. The molecule has 0 aliphatic carbocycles. The van der Waals surface area contributed by atoms with E-state index in [-0.39, 0.29) is 11.8 Å². The maximum Gasteiger partial charge on any atom is 0.272 e. The van der Waals surface area contributed by atoms with Gasteiger partial charge in [-0.05, 0) is 32.1 Å². The third-order valence-electron chi connectivity index (χ3n) is 3.81. The Bertz CT molecular complexity index is 952. The topological polar surface area (TPSA) is 56.2 Å². The zero-order valence-corrected chi connectivity index (χ0v) is 15.3. The number of ether oxygens (including phenoxy) is 2. The van der Waals surface area contributed by atoms with Crippen LogP contribution in [0.1, 0.15) is 20.3 Å². The van der Waals surface area contributed by atoms with Gasteiger partial charge in [-0.3, -0.25) is 9.36 Å². The molecular weight excluding hydrogens is 344 g/mol. The molecular formula is C17H20N2O3S2. The highest BCUT2D eigenvalue weighted by atomic mass is 32.1. The molecule has 0 amide bonds. The molecule has 3 rings (SSSR count). The average molecular weight is 364 g/mol. The summed E-state index contributed by atoms with van der Waals surface area (Å²) in [7, 11) is 0. The van der Waals surface area contributed by atoms with Gasteiger partial charge in [-0.25, -0.2) is 0 Å². The molecule has 2 heterocycles. The fraction of sp³-hybridized carbons (Fsp3) is 0.412.